The maximum Gasteiger partial charge on any atom is 0.156 e. The fraction of sp³-hybridized carbons (Fsp3) is 0. The smallest absolute Gasteiger partial charge is 0.156 e. The summed E-state index contributed by atoms with van der Waals surface area (Å²) in [5, 5.41) is 6.88. The van der Waals surface area contributed by atoms with E-state index in [2.05, 4.69) is 12.1 Å². The predicted octanol–water partition coefficient (Wildman–Crippen LogP) is 7.07. The quantitative estimate of drug-likeness (QED) is 0.307. The van der Waals surface area contributed by atoms with Gasteiger partial charge in [-0.3, -0.25) is 0 Å². The summed E-state index contributed by atoms with van der Waals surface area (Å²) in [7, 11) is 0. The first-order valence-electron chi connectivity index (χ1n) is 10.0. The molecule has 6 aromatic rings. The van der Waals surface area contributed by atoms with Crippen LogP contribution in [0.25, 0.3) is 50.5 Å². The van der Waals surface area contributed by atoms with Crippen LogP contribution >= 0.6 is 11.3 Å². The highest BCUT2D eigenvalue weighted by atomic mass is 32.1. The third-order valence-electron chi connectivity index (χ3n) is 5.14. The molecular formula is C26H17N3OS. The van der Waals surface area contributed by atoms with Gasteiger partial charge in [0.2, 0.25) is 0 Å². The Morgan fingerprint density at radius 2 is 1.65 bits per heavy atom. The number of fused-ring (bicyclic) bond motifs is 2. The van der Waals surface area contributed by atoms with Crippen LogP contribution in [-0.2, 0) is 0 Å². The molecule has 0 saturated heterocycles. The number of aromatic nitrogens is 3. The second-order valence-corrected chi connectivity index (χ2v) is 8.28. The van der Waals surface area contributed by atoms with Gasteiger partial charge in [0.1, 0.15) is 16.3 Å². The number of nitrogens with zero attached hydrogens (tertiary/aromatic N) is 3. The third kappa shape index (κ3) is 3.35. The number of furan rings is 1. The average molecular weight is 420 g/mol. The summed E-state index contributed by atoms with van der Waals surface area (Å²) in [5.74, 6) is 0.750. The Kier molecular flexibility index (Phi) is 4.25. The molecule has 0 unspecified atom stereocenters. The van der Waals surface area contributed by atoms with Gasteiger partial charge in [-0.2, -0.15) is 5.10 Å². The summed E-state index contributed by atoms with van der Waals surface area (Å²) in [5.41, 5.74) is 4.65. The lowest BCUT2D eigenvalue weighted by atomic mass is 10.2. The molecule has 0 aliphatic heterocycles. The lowest BCUT2D eigenvalue weighted by molar-refractivity contribution is 0.627. The Labute approximate surface area is 182 Å². The van der Waals surface area contributed by atoms with Crippen molar-refractivity contribution in [1.29, 1.82) is 0 Å². The molecular weight excluding hydrogens is 402 g/mol. The Morgan fingerprint density at radius 3 is 2.52 bits per heavy atom. The minimum absolute atomic E-state index is 0.750. The first kappa shape index (κ1) is 17.9. The van der Waals surface area contributed by atoms with Gasteiger partial charge in [0.25, 0.3) is 0 Å². The van der Waals surface area contributed by atoms with E-state index in [1.807, 2.05) is 95.8 Å². The minimum atomic E-state index is 0.750. The van der Waals surface area contributed by atoms with Gasteiger partial charge in [-0.25, -0.2) is 9.67 Å². The van der Waals surface area contributed by atoms with E-state index in [0.717, 1.165) is 44.2 Å². The monoisotopic (exact) mass is 419 g/mol. The fourth-order valence-electron chi connectivity index (χ4n) is 3.63. The zero-order valence-electron chi connectivity index (χ0n) is 16.5. The van der Waals surface area contributed by atoms with Gasteiger partial charge in [-0.1, -0.05) is 48.5 Å². The van der Waals surface area contributed by atoms with E-state index in [-0.39, 0.29) is 0 Å². The Morgan fingerprint density at radius 1 is 0.839 bits per heavy atom. The molecule has 4 nitrogen and oxygen atoms in total. The zero-order valence-corrected chi connectivity index (χ0v) is 17.3. The lowest BCUT2D eigenvalue weighted by Gasteiger charge is -1.98. The standard InChI is InChI=1S/C26H17N3OS/c1-2-9-20(10-3-1)29-17-19(14-15-25-27-21-11-5-7-13-24(21)31-25)26(28-29)23-16-18-8-4-6-12-22(18)30-23/h1-17H/b15-14+. The van der Waals surface area contributed by atoms with Crippen molar-refractivity contribution in [3.05, 3.63) is 102 Å². The van der Waals surface area contributed by atoms with Crippen molar-refractivity contribution >= 4 is 44.7 Å². The summed E-state index contributed by atoms with van der Waals surface area (Å²) >= 11 is 1.68. The summed E-state index contributed by atoms with van der Waals surface area (Å²) < 4.78 is 9.19. The van der Waals surface area contributed by atoms with Crippen molar-refractivity contribution < 1.29 is 4.42 Å². The molecule has 3 aromatic heterocycles. The molecule has 0 fully saturated rings. The number of benzene rings is 3. The van der Waals surface area contributed by atoms with Gasteiger partial charge in [0.15, 0.2) is 5.76 Å². The van der Waals surface area contributed by atoms with Gasteiger partial charge >= 0.3 is 0 Å². The van der Waals surface area contributed by atoms with Crippen molar-refractivity contribution in [2.45, 2.75) is 0 Å². The highest BCUT2D eigenvalue weighted by Crippen LogP contribution is 2.31. The highest BCUT2D eigenvalue weighted by molar-refractivity contribution is 7.19. The van der Waals surface area contributed by atoms with Crippen molar-refractivity contribution in [2.24, 2.45) is 0 Å². The molecule has 0 saturated carbocycles. The summed E-state index contributed by atoms with van der Waals surface area (Å²) in [6, 6.07) is 28.3. The summed E-state index contributed by atoms with van der Waals surface area (Å²) in [4.78, 5) is 4.71. The van der Waals surface area contributed by atoms with Crippen molar-refractivity contribution in [3.8, 4) is 17.1 Å². The highest BCUT2D eigenvalue weighted by Gasteiger charge is 2.15. The molecule has 5 heteroatoms. The second-order valence-electron chi connectivity index (χ2n) is 7.21. The molecule has 0 radical (unpaired) electrons. The van der Waals surface area contributed by atoms with E-state index in [0.29, 0.717) is 0 Å². The molecule has 31 heavy (non-hydrogen) atoms. The molecule has 6 rings (SSSR count). The van der Waals surface area contributed by atoms with Crippen molar-refractivity contribution in [2.75, 3.05) is 0 Å². The predicted molar refractivity (Wildman–Crippen MR) is 127 cm³/mol. The van der Waals surface area contributed by atoms with E-state index >= 15 is 0 Å². The molecule has 0 amide bonds. The molecule has 3 heterocycles. The van der Waals surface area contributed by atoms with Crippen LogP contribution in [-0.4, -0.2) is 14.8 Å². The SMILES string of the molecule is C(=C\c1cn(-c2ccccc2)nc1-c1cc2ccccc2o1)/c1nc2ccccc2s1. The van der Waals surface area contributed by atoms with Gasteiger partial charge in [0.05, 0.1) is 15.9 Å². The Balaban J connectivity index is 1.46. The van der Waals surface area contributed by atoms with E-state index in [1.54, 1.807) is 11.3 Å². The topological polar surface area (TPSA) is 43.9 Å². The largest absolute Gasteiger partial charge is 0.454 e. The Bertz CT molecular complexity index is 1470. The normalized spacial score (nSPS) is 11.7. The fourth-order valence-corrected chi connectivity index (χ4v) is 4.50. The number of rotatable bonds is 4. The molecule has 3 aromatic carbocycles. The molecule has 0 N–H and O–H groups in total. The average Bonchev–Trinajstić information content (AvgIpc) is 3.53. The Hall–Kier alpha value is -3.96. The van der Waals surface area contributed by atoms with Crippen molar-refractivity contribution in [3.63, 3.8) is 0 Å². The molecule has 0 aliphatic carbocycles. The number of thiazole rings is 1. The van der Waals surface area contributed by atoms with E-state index in [4.69, 9.17) is 14.5 Å². The summed E-state index contributed by atoms with van der Waals surface area (Å²) in [6.45, 7) is 0. The molecule has 148 valence electrons. The van der Waals surface area contributed by atoms with E-state index < -0.39 is 0 Å². The first-order chi connectivity index (χ1) is 15.3. The molecule has 0 aliphatic rings. The second kappa shape index (κ2) is 7.38. The summed E-state index contributed by atoms with van der Waals surface area (Å²) in [6.07, 6.45) is 6.14. The number of hydrogen-bond acceptors (Lipinski definition) is 4. The number of para-hydroxylation sites is 3. The minimum Gasteiger partial charge on any atom is -0.454 e. The van der Waals surface area contributed by atoms with Gasteiger partial charge < -0.3 is 4.42 Å². The van der Waals surface area contributed by atoms with Gasteiger partial charge in [0, 0.05) is 17.1 Å². The maximum atomic E-state index is 6.12. The van der Waals surface area contributed by atoms with Crippen LogP contribution in [0.3, 0.4) is 0 Å². The maximum absolute atomic E-state index is 6.12. The van der Waals surface area contributed by atoms with Gasteiger partial charge in [-0.05, 0) is 48.6 Å². The number of hydrogen-bond donors (Lipinski definition) is 0. The van der Waals surface area contributed by atoms with E-state index in [1.165, 1.54) is 4.70 Å². The molecule has 0 bridgehead atoms. The lowest BCUT2D eigenvalue weighted by Crippen LogP contribution is -1.93. The van der Waals surface area contributed by atoms with Crippen LogP contribution in [0.2, 0.25) is 0 Å². The van der Waals surface area contributed by atoms with Crippen LogP contribution in [0.4, 0.5) is 0 Å². The van der Waals surface area contributed by atoms with Crippen LogP contribution in [0.1, 0.15) is 10.6 Å². The van der Waals surface area contributed by atoms with Crippen molar-refractivity contribution in [1.82, 2.24) is 14.8 Å². The van der Waals surface area contributed by atoms with Crippen LogP contribution in [0, 0.1) is 0 Å². The first-order valence-corrected chi connectivity index (χ1v) is 10.8. The third-order valence-corrected chi connectivity index (χ3v) is 6.14. The zero-order chi connectivity index (χ0) is 20.6. The molecule has 0 spiro atoms. The molecule has 0 atom stereocenters. The van der Waals surface area contributed by atoms with E-state index in [9.17, 15) is 0 Å². The van der Waals surface area contributed by atoms with Crippen LogP contribution in [0.15, 0.2) is 95.5 Å². The van der Waals surface area contributed by atoms with Crippen LogP contribution in [0.5, 0.6) is 0 Å². The van der Waals surface area contributed by atoms with Crippen LogP contribution < -0.4 is 0 Å². The van der Waals surface area contributed by atoms with Gasteiger partial charge in [-0.15, -0.1) is 11.3 Å².